The van der Waals surface area contributed by atoms with E-state index >= 15 is 0 Å². The summed E-state index contributed by atoms with van der Waals surface area (Å²) < 4.78 is 12.3. The first-order valence-electron chi connectivity index (χ1n) is 9.10. The highest BCUT2D eigenvalue weighted by Crippen LogP contribution is 2.20. The van der Waals surface area contributed by atoms with Gasteiger partial charge in [-0.3, -0.25) is 0 Å². The van der Waals surface area contributed by atoms with Gasteiger partial charge in [0.15, 0.2) is 0 Å². The van der Waals surface area contributed by atoms with Gasteiger partial charge in [-0.05, 0) is 48.9 Å². The van der Waals surface area contributed by atoms with Crippen LogP contribution in [0.25, 0.3) is 0 Å². The lowest BCUT2D eigenvalue weighted by Crippen LogP contribution is -2.36. The average molecular weight is 503 g/mol. The smallest absolute Gasteiger partial charge is 0.119 e. The van der Waals surface area contributed by atoms with E-state index in [0.29, 0.717) is 12.6 Å². The molecule has 0 heterocycles. The second kappa shape index (κ2) is 12.6. The molecule has 4 nitrogen and oxygen atoms in total. The van der Waals surface area contributed by atoms with E-state index in [4.69, 9.17) is 21.1 Å². The van der Waals surface area contributed by atoms with Crippen LogP contribution in [0.2, 0.25) is 5.02 Å². The summed E-state index contributed by atoms with van der Waals surface area (Å²) in [6.45, 7) is 2.27. The standard InChI is InChI=1S/C21H28ClIN2O2/c1-24-10-11-27-20-8-6-16(7-9-20)12-19(14-23)25-15-21(26-2)17-4-3-5-18(22)13-17/h3-9,13,19,21,24-25H,10-12,14-15H2,1-2H3. The molecule has 6 heteroatoms. The van der Waals surface area contributed by atoms with E-state index < -0.39 is 0 Å². The molecule has 2 rings (SSSR count). The van der Waals surface area contributed by atoms with Crippen LogP contribution < -0.4 is 15.4 Å². The number of benzene rings is 2. The van der Waals surface area contributed by atoms with Crippen LogP contribution in [0.3, 0.4) is 0 Å². The van der Waals surface area contributed by atoms with E-state index in [9.17, 15) is 0 Å². The molecule has 0 radical (unpaired) electrons. The summed E-state index contributed by atoms with van der Waals surface area (Å²) in [6, 6.07) is 16.6. The van der Waals surface area contributed by atoms with E-state index in [1.165, 1.54) is 5.56 Å². The number of ether oxygens (including phenoxy) is 2. The van der Waals surface area contributed by atoms with Gasteiger partial charge in [0.05, 0.1) is 6.10 Å². The predicted molar refractivity (Wildman–Crippen MR) is 121 cm³/mol. The summed E-state index contributed by atoms with van der Waals surface area (Å²) in [7, 11) is 3.66. The third kappa shape index (κ3) is 7.95. The second-order valence-electron chi connectivity index (χ2n) is 6.34. The van der Waals surface area contributed by atoms with E-state index in [0.717, 1.165) is 40.3 Å². The minimum Gasteiger partial charge on any atom is -0.492 e. The van der Waals surface area contributed by atoms with Crippen LogP contribution in [0.1, 0.15) is 17.2 Å². The molecule has 0 saturated carbocycles. The normalized spacial score (nSPS) is 13.3. The van der Waals surface area contributed by atoms with Crippen LogP contribution in [0.15, 0.2) is 48.5 Å². The summed E-state index contributed by atoms with van der Waals surface area (Å²) in [5, 5.41) is 7.44. The average Bonchev–Trinajstić information content (AvgIpc) is 2.69. The lowest BCUT2D eigenvalue weighted by molar-refractivity contribution is 0.100. The Bertz CT molecular complexity index is 669. The van der Waals surface area contributed by atoms with Crippen LogP contribution in [0.5, 0.6) is 5.75 Å². The van der Waals surface area contributed by atoms with E-state index in [-0.39, 0.29) is 6.10 Å². The van der Waals surface area contributed by atoms with E-state index in [1.807, 2.05) is 43.4 Å². The summed E-state index contributed by atoms with van der Waals surface area (Å²) in [5.74, 6) is 0.911. The zero-order chi connectivity index (χ0) is 19.5. The zero-order valence-electron chi connectivity index (χ0n) is 15.9. The molecule has 2 aromatic rings. The van der Waals surface area contributed by atoms with E-state index in [1.54, 1.807) is 7.11 Å². The van der Waals surface area contributed by atoms with Crippen LogP contribution in [0.4, 0.5) is 0 Å². The van der Waals surface area contributed by atoms with Crippen molar-refractivity contribution in [2.45, 2.75) is 18.6 Å². The van der Waals surface area contributed by atoms with Gasteiger partial charge in [0.2, 0.25) is 0 Å². The molecular weight excluding hydrogens is 475 g/mol. The van der Waals surface area contributed by atoms with Crippen molar-refractivity contribution in [3.63, 3.8) is 0 Å². The predicted octanol–water partition coefficient (Wildman–Crippen LogP) is 4.26. The number of hydrogen-bond donors (Lipinski definition) is 2. The van der Waals surface area contributed by atoms with Crippen molar-refractivity contribution >= 4 is 34.2 Å². The molecule has 2 atom stereocenters. The number of nitrogens with one attached hydrogen (secondary N) is 2. The monoisotopic (exact) mass is 502 g/mol. The number of rotatable bonds is 12. The third-order valence-electron chi connectivity index (χ3n) is 4.31. The molecule has 0 amide bonds. The molecule has 2 aromatic carbocycles. The molecule has 0 aliphatic rings. The van der Waals surface area contributed by atoms with Crippen molar-refractivity contribution in [2.75, 3.05) is 38.3 Å². The molecule has 148 valence electrons. The topological polar surface area (TPSA) is 42.5 Å². The fourth-order valence-electron chi connectivity index (χ4n) is 2.78. The maximum absolute atomic E-state index is 6.11. The van der Waals surface area contributed by atoms with Gasteiger partial charge in [0.1, 0.15) is 12.4 Å². The molecule has 2 unspecified atom stereocenters. The lowest BCUT2D eigenvalue weighted by atomic mass is 10.1. The molecule has 0 bridgehead atoms. The maximum atomic E-state index is 6.11. The Kier molecular flexibility index (Phi) is 10.4. The number of likely N-dealkylation sites (N-methyl/N-ethyl adjacent to an activating group) is 1. The molecule has 0 aliphatic carbocycles. The molecular formula is C21H28ClIN2O2. The maximum Gasteiger partial charge on any atom is 0.119 e. The zero-order valence-corrected chi connectivity index (χ0v) is 18.8. The van der Waals surface area contributed by atoms with Crippen molar-refractivity contribution < 1.29 is 9.47 Å². The number of alkyl halides is 1. The first-order valence-corrected chi connectivity index (χ1v) is 11.0. The summed E-state index contributed by atoms with van der Waals surface area (Å²) in [6.07, 6.45) is 0.947. The van der Waals surface area contributed by atoms with Crippen LogP contribution >= 0.6 is 34.2 Å². The number of hydrogen-bond acceptors (Lipinski definition) is 4. The third-order valence-corrected chi connectivity index (χ3v) is 5.61. The summed E-state index contributed by atoms with van der Waals surface area (Å²) in [4.78, 5) is 0. The quantitative estimate of drug-likeness (QED) is 0.259. The molecule has 0 aliphatic heterocycles. The van der Waals surface area contributed by atoms with Crippen LogP contribution in [0, 0.1) is 0 Å². The molecule has 27 heavy (non-hydrogen) atoms. The van der Waals surface area contributed by atoms with Crippen molar-refractivity contribution in [3.05, 3.63) is 64.7 Å². The SMILES string of the molecule is CNCCOc1ccc(CC(CI)NCC(OC)c2cccc(Cl)c2)cc1. The molecule has 0 spiro atoms. The van der Waals surface area contributed by atoms with Crippen molar-refractivity contribution in [3.8, 4) is 5.75 Å². The van der Waals surface area contributed by atoms with Crippen molar-refractivity contribution in [2.24, 2.45) is 0 Å². The minimum atomic E-state index is -0.0166. The molecule has 0 fully saturated rings. The fraction of sp³-hybridized carbons (Fsp3) is 0.429. The fourth-order valence-corrected chi connectivity index (χ4v) is 3.60. The first-order chi connectivity index (χ1) is 13.2. The molecule has 0 saturated heterocycles. The van der Waals surface area contributed by atoms with Crippen molar-refractivity contribution in [1.82, 2.24) is 10.6 Å². The van der Waals surface area contributed by atoms with Crippen LogP contribution in [-0.2, 0) is 11.2 Å². The molecule has 0 aromatic heterocycles. The summed E-state index contributed by atoms with van der Waals surface area (Å²) in [5.41, 5.74) is 2.38. The Morgan fingerprint density at radius 1 is 1.15 bits per heavy atom. The lowest BCUT2D eigenvalue weighted by Gasteiger charge is -2.22. The Labute approximate surface area is 181 Å². The largest absolute Gasteiger partial charge is 0.492 e. The Balaban J connectivity index is 1.87. The van der Waals surface area contributed by atoms with Gasteiger partial charge in [-0.2, -0.15) is 0 Å². The highest BCUT2D eigenvalue weighted by atomic mass is 127. The highest BCUT2D eigenvalue weighted by molar-refractivity contribution is 14.1. The Morgan fingerprint density at radius 3 is 2.56 bits per heavy atom. The minimum absolute atomic E-state index is 0.0166. The van der Waals surface area contributed by atoms with Gasteiger partial charge >= 0.3 is 0 Å². The van der Waals surface area contributed by atoms with Crippen molar-refractivity contribution in [1.29, 1.82) is 0 Å². The van der Waals surface area contributed by atoms with Crippen LogP contribution in [-0.4, -0.2) is 44.3 Å². The van der Waals surface area contributed by atoms with Gasteiger partial charge in [-0.15, -0.1) is 0 Å². The van der Waals surface area contributed by atoms with E-state index in [2.05, 4.69) is 45.4 Å². The Morgan fingerprint density at radius 2 is 1.93 bits per heavy atom. The van der Waals surface area contributed by atoms with Gasteiger partial charge < -0.3 is 20.1 Å². The first kappa shape index (κ1) is 22.4. The number of methoxy groups -OCH3 is 1. The molecule has 2 N–H and O–H groups in total. The number of halogens is 2. The van der Waals surface area contributed by atoms with Gasteiger partial charge in [0, 0.05) is 35.7 Å². The van der Waals surface area contributed by atoms with Gasteiger partial charge in [0.25, 0.3) is 0 Å². The second-order valence-corrected chi connectivity index (χ2v) is 7.66. The highest BCUT2D eigenvalue weighted by Gasteiger charge is 2.14. The van der Waals surface area contributed by atoms with Gasteiger partial charge in [-0.1, -0.05) is 58.5 Å². The van der Waals surface area contributed by atoms with Gasteiger partial charge in [-0.25, -0.2) is 0 Å². The summed E-state index contributed by atoms with van der Waals surface area (Å²) >= 11 is 8.53. The Hall–Kier alpha value is -0.860.